The highest BCUT2D eigenvalue weighted by Gasteiger charge is 2.18. The molecule has 138 valence electrons. The third-order valence-corrected chi connectivity index (χ3v) is 5.23. The minimum Gasteiger partial charge on any atom is -0.384 e. The van der Waals surface area contributed by atoms with Crippen molar-refractivity contribution in [2.45, 2.75) is 18.9 Å². The third-order valence-electron chi connectivity index (χ3n) is 4.74. The lowest BCUT2D eigenvalue weighted by atomic mass is 10.0. The van der Waals surface area contributed by atoms with E-state index in [1.54, 1.807) is 6.20 Å². The highest BCUT2D eigenvalue weighted by molar-refractivity contribution is 9.10. The van der Waals surface area contributed by atoms with Crippen LogP contribution in [0.5, 0.6) is 0 Å². The van der Waals surface area contributed by atoms with Crippen molar-refractivity contribution in [2.24, 2.45) is 0 Å². The van der Waals surface area contributed by atoms with Crippen LogP contribution in [-0.4, -0.2) is 40.8 Å². The Kier molecular flexibility index (Phi) is 5.12. The van der Waals surface area contributed by atoms with Crippen LogP contribution in [0.1, 0.15) is 18.4 Å². The van der Waals surface area contributed by atoms with Crippen LogP contribution in [0.4, 0.5) is 5.82 Å². The van der Waals surface area contributed by atoms with E-state index in [1.165, 1.54) is 0 Å². The maximum atomic E-state index is 12.6. The summed E-state index contributed by atoms with van der Waals surface area (Å²) in [6, 6.07) is 6.13. The normalized spacial score (nSPS) is 16.9. The van der Waals surface area contributed by atoms with Crippen molar-refractivity contribution in [3.05, 3.63) is 44.8 Å². The number of anilines is 1. The van der Waals surface area contributed by atoms with Crippen LogP contribution in [0.3, 0.4) is 0 Å². The Balaban J connectivity index is 1.99. The van der Waals surface area contributed by atoms with Gasteiger partial charge in [0, 0.05) is 34.0 Å². The van der Waals surface area contributed by atoms with E-state index in [2.05, 4.69) is 43.4 Å². The molecule has 4 N–H and O–H groups in total. The fraction of sp³-hybridized carbons (Fsp3) is 0.300. The summed E-state index contributed by atoms with van der Waals surface area (Å²) in [6.45, 7) is 1.66. The molecule has 0 saturated carbocycles. The summed E-state index contributed by atoms with van der Waals surface area (Å²) in [5.41, 5.74) is 0.919. The molecule has 3 aromatic rings. The molecule has 3 heterocycles. The SMILES string of the molecule is O=c1[nH]cc(C#CCO)c2nc(NC3CCCNC3)c3ccc(Br)cc3c12. The highest BCUT2D eigenvalue weighted by Crippen LogP contribution is 2.31. The molecular weight excluding hydrogens is 408 g/mol. The zero-order valence-electron chi connectivity index (χ0n) is 14.6. The van der Waals surface area contributed by atoms with Gasteiger partial charge in [-0.25, -0.2) is 4.98 Å². The van der Waals surface area contributed by atoms with Crippen molar-refractivity contribution in [1.82, 2.24) is 15.3 Å². The number of aromatic amines is 1. The molecule has 1 atom stereocenters. The second kappa shape index (κ2) is 7.69. The Morgan fingerprint density at radius 2 is 2.26 bits per heavy atom. The second-order valence-electron chi connectivity index (χ2n) is 6.55. The standard InChI is InChI=1S/C20H19BrN4O2/c21-13-5-6-15-16(9-13)17-18(12(3-2-8-26)10-23-20(17)27)25-19(15)24-14-4-1-7-22-11-14/h5-6,9-10,14,22,26H,1,4,7-8,11H2,(H,23,27)(H,24,25). The molecule has 1 aromatic carbocycles. The summed E-state index contributed by atoms with van der Waals surface area (Å²) in [7, 11) is 0. The number of rotatable bonds is 2. The molecule has 0 bridgehead atoms. The number of hydrogen-bond acceptors (Lipinski definition) is 5. The molecule has 1 saturated heterocycles. The molecule has 1 aliphatic heterocycles. The zero-order chi connectivity index (χ0) is 18.8. The Labute approximate surface area is 164 Å². The van der Waals surface area contributed by atoms with Crippen molar-refractivity contribution in [1.29, 1.82) is 0 Å². The maximum absolute atomic E-state index is 12.6. The van der Waals surface area contributed by atoms with E-state index in [4.69, 9.17) is 10.1 Å². The van der Waals surface area contributed by atoms with E-state index < -0.39 is 0 Å². The number of nitrogens with zero attached hydrogens (tertiary/aromatic N) is 1. The molecule has 1 unspecified atom stereocenters. The molecule has 7 heteroatoms. The van der Waals surface area contributed by atoms with Crippen molar-refractivity contribution in [3.63, 3.8) is 0 Å². The van der Waals surface area contributed by atoms with Gasteiger partial charge in [-0.15, -0.1) is 0 Å². The predicted octanol–water partition coefficient (Wildman–Crippen LogP) is 2.35. The smallest absolute Gasteiger partial charge is 0.258 e. The molecule has 0 aliphatic carbocycles. The number of nitrogens with one attached hydrogen (secondary N) is 3. The number of benzene rings is 1. The Morgan fingerprint density at radius 3 is 3.04 bits per heavy atom. The van der Waals surface area contributed by atoms with Crippen LogP contribution in [0.25, 0.3) is 21.7 Å². The predicted molar refractivity (Wildman–Crippen MR) is 111 cm³/mol. The average molecular weight is 427 g/mol. The van der Waals surface area contributed by atoms with E-state index in [-0.39, 0.29) is 18.2 Å². The van der Waals surface area contributed by atoms with E-state index >= 15 is 0 Å². The molecular formula is C20H19BrN4O2. The van der Waals surface area contributed by atoms with Crippen LogP contribution in [-0.2, 0) is 0 Å². The molecule has 2 aromatic heterocycles. The molecule has 6 nitrogen and oxygen atoms in total. The van der Waals surface area contributed by atoms with Gasteiger partial charge in [-0.2, -0.15) is 0 Å². The Hall–Kier alpha value is -2.40. The van der Waals surface area contributed by atoms with Crippen LogP contribution in [0.2, 0.25) is 0 Å². The first-order valence-electron chi connectivity index (χ1n) is 8.89. The summed E-state index contributed by atoms with van der Waals surface area (Å²) < 4.78 is 0.888. The van der Waals surface area contributed by atoms with Crippen LogP contribution in [0.15, 0.2) is 33.7 Å². The van der Waals surface area contributed by atoms with Gasteiger partial charge in [0.1, 0.15) is 12.4 Å². The Morgan fingerprint density at radius 1 is 1.37 bits per heavy atom. The zero-order valence-corrected chi connectivity index (χ0v) is 16.2. The fourth-order valence-electron chi connectivity index (χ4n) is 3.50. The monoisotopic (exact) mass is 426 g/mol. The van der Waals surface area contributed by atoms with Gasteiger partial charge in [-0.05, 0) is 37.6 Å². The van der Waals surface area contributed by atoms with Gasteiger partial charge in [0.05, 0.1) is 16.5 Å². The van der Waals surface area contributed by atoms with Crippen molar-refractivity contribution < 1.29 is 5.11 Å². The lowest BCUT2D eigenvalue weighted by Crippen LogP contribution is -2.38. The minimum atomic E-state index is -0.251. The minimum absolute atomic E-state index is 0.207. The number of piperidine rings is 1. The number of aliphatic hydroxyl groups is 1. The average Bonchev–Trinajstić information content (AvgIpc) is 2.68. The number of H-pyrrole nitrogens is 1. The van der Waals surface area contributed by atoms with Crippen molar-refractivity contribution in [3.8, 4) is 11.8 Å². The topological polar surface area (TPSA) is 90.0 Å². The number of aromatic nitrogens is 2. The van der Waals surface area contributed by atoms with Gasteiger partial charge in [-0.3, -0.25) is 4.79 Å². The number of hydrogen-bond donors (Lipinski definition) is 4. The van der Waals surface area contributed by atoms with Gasteiger partial charge in [0.25, 0.3) is 5.56 Å². The molecule has 0 spiro atoms. The van der Waals surface area contributed by atoms with Gasteiger partial charge in [-0.1, -0.05) is 27.8 Å². The molecule has 4 rings (SSSR count). The first-order chi connectivity index (χ1) is 13.2. The number of fused-ring (bicyclic) bond motifs is 3. The summed E-state index contributed by atoms with van der Waals surface area (Å²) >= 11 is 3.50. The Bertz CT molecular complexity index is 1120. The van der Waals surface area contributed by atoms with E-state index in [0.717, 1.165) is 47.0 Å². The molecule has 1 aliphatic rings. The van der Waals surface area contributed by atoms with Crippen LogP contribution >= 0.6 is 15.9 Å². The van der Waals surface area contributed by atoms with Gasteiger partial charge >= 0.3 is 0 Å². The van der Waals surface area contributed by atoms with Crippen LogP contribution in [0, 0.1) is 11.8 Å². The number of pyridine rings is 2. The second-order valence-corrected chi connectivity index (χ2v) is 7.47. The first-order valence-corrected chi connectivity index (χ1v) is 9.68. The van der Waals surface area contributed by atoms with Gasteiger partial charge < -0.3 is 20.7 Å². The number of halogens is 1. The van der Waals surface area contributed by atoms with Crippen molar-refractivity contribution >= 4 is 43.4 Å². The largest absolute Gasteiger partial charge is 0.384 e. The lowest BCUT2D eigenvalue weighted by molar-refractivity contribution is 0.350. The fourth-order valence-corrected chi connectivity index (χ4v) is 3.86. The molecule has 0 radical (unpaired) electrons. The summed E-state index contributed by atoms with van der Waals surface area (Å²) in [4.78, 5) is 20.1. The maximum Gasteiger partial charge on any atom is 0.258 e. The van der Waals surface area contributed by atoms with E-state index in [1.807, 2.05) is 18.2 Å². The molecule has 0 amide bonds. The quantitative estimate of drug-likeness (QED) is 0.373. The third kappa shape index (κ3) is 3.56. The summed E-state index contributed by atoms with van der Waals surface area (Å²) in [5, 5.41) is 18.2. The lowest BCUT2D eigenvalue weighted by Gasteiger charge is -2.25. The molecule has 1 fully saturated rings. The van der Waals surface area contributed by atoms with E-state index in [0.29, 0.717) is 16.5 Å². The van der Waals surface area contributed by atoms with Crippen molar-refractivity contribution in [2.75, 3.05) is 25.0 Å². The van der Waals surface area contributed by atoms with Crippen LogP contribution < -0.4 is 16.2 Å². The summed E-state index contributed by atoms with van der Waals surface area (Å²) in [6.07, 6.45) is 3.73. The number of aliphatic hydroxyl groups excluding tert-OH is 1. The van der Waals surface area contributed by atoms with Gasteiger partial charge in [0.15, 0.2) is 0 Å². The van der Waals surface area contributed by atoms with E-state index in [9.17, 15) is 4.79 Å². The highest BCUT2D eigenvalue weighted by atomic mass is 79.9. The molecule has 27 heavy (non-hydrogen) atoms. The van der Waals surface area contributed by atoms with Gasteiger partial charge in [0.2, 0.25) is 0 Å². The summed E-state index contributed by atoms with van der Waals surface area (Å²) in [5.74, 6) is 6.28. The first kappa shape index (κ1) is 18.0.